The highest BCUT2D eigenvalue weighted by Gasteiger charge is 2.12. The molecular weight excluding hydrogens is 454 g/mol. The van der Waals surface area contributed by atoms with E-state index in [9.17, 15) is 5.11 Å². The fraction of sp³-hybridized carbons (Fsp3) is 0.412. The molecule has 0 saturated heterocycles. The van der Waals surface area contributed by atoms with Gasteiger partial charge in [-0.1, -0.05) is 35.2 Å². The van der Waals surface area contributed by atoms with Gasteiger partial charge in [0.15, 0.2) is 0 Å². The van der Waals surface area contributed by atoms with Crippen molar-refractivity contribution >= 4 is 49.4 Å². The van der Waals surface area contributed by atoms with E-state index in [0.29, 0.717) is 16.1 Å². The molecule has 1 N–H and O–H groups in total. The van der Waals surface area contributed by atoms with Crippen LogP contribution < -0.4 is 4.80 Å². The first-order chi connectivity index (χ1) is 11.5. The number of phenolic OH excluding ortho intramolecular Hbond substituents is 1. The summed E-state index contributed by atoms with van der Waals surface area (Å²) < 4.78 is 3.37. The van der Waals surface area contributed by atoms with Crippen LogP contribution >= 0.6 is 43.2 Å². The summed E-state index contributed by atoms with van der Waals surface area (Å²) in [4.78, 5) is 5.82. The maximum atomic E-state index is 10.2. The second-order valence-corrected chi connectivity index (χ2v) is 8.57. The first-order valence-corrected chi connectivity index (χ1v) is 10.4. The molecule has 0 radical (unpaired) electrons. The number of hydrogen-bond donors (Lipinski definition) is 1. The SMILES string of the molecule is Cc1csc(=NC2CCCCC2)n1N=Cc1cc(Br)cc(Br)c1O. The summed E-state index contributed by atoms with van der Waals surface area (Å²) >= 11 is 8.40. The highest BCUT2D eigenvalue weighted by atomic mass is 79.9. The van der Waals surface area contributed by atoms with E-state index in [2.05, 4.69) is 42.3 Å². The van der Waals surface area contributed by atoms with E-state index in [1.165, 1.54) is 32.1 Å². The largest absolute Gasteiger partial charge is 0.506 e. The molecule has 0 aliphatic heterocycles. The maximum Gasteiger partial charge on any atom is 0.206 e. The Labute approximate surface area is 162 Å². The predicted molar refractivity (Wildman–Crippen MR) is 106 cm³/mol. The molecule has 4 nitrogen and oxygen atoms in total. The van der Waals surface area contributed by atoms with Gasteiger partial charge in [0.2, 0.25) is 4.80 Å². The van der Waals surface area contributed by atoms with Crippen molar-refractivity contribution in [3.63, 3.8) is 0 Å². The van der Waals surface area contributed by atoms with Gasteiger partial charge in [-0.25, -0.2) is 4.68 Å². The van der Waals surface area contributed by atoms with Crippen molar-refractivity contribution in [3.8, 4) is 5.75 Å². The van der Waals surface area contributed by atoms with Gasteiger partial charge in [0, 0.05) is 15.4 Å². The quantitative estimate of drug-likeness (QED) is 0.612. The lowest BCUT2D eigenvalue weighted by Gasteiger charge is -2.16. The molecule has 1 heterocycles. The molecule has 1 saturated carbocycles. The fourth-order valence-corrected chi connectivity index (χ4v) is 4.92. The van der Waals surface area contributed by atoms with Crippen molar-refractivity contribution in [1.29, 1.82) is 0 Å². The lowest BCUT2D eigenvalue weighted by molar-refractivity contribution is 0.435. The molecule has 0 bridgehead atoms. The summed E-state index contributed by atoms with van der Waals surface area (Å²) in [6.45, 7) is 2.02. The van der Waals surface area contributed by atoms with Gasteiger partial charge in [-0.05, 0) is 47.8 Å². The van der Waals surface area contributed by atoms with Gasteiger partial charge in [0.1, 0.15) is 5.75 Å². The van der Waals surface area contributed by atoms with Crippen LogP contribution in [0.5, 0.6) is 5.75 Å². The summed E-state index contributed by atoms with van der Waals surface area (Å²) in [5, 5.41) is 16.8. The highest BCUT2D eigenvalue weighted by molar-refractivity contribution is 9.11. The van der Waals surface area contributed by atoms with E-state index >= 15 is 0 Å². The van der Waals surface area contributed by atoms with Crippen LogP contribution in [0.15, 0.2) is 36.6 Å². The van der Waals surface area contributed by atoms with Crippen LogP contribution in [0.3, 0.4) is 0 Å². The lowest BCUT2D eigenvalue weighted by Crippen LogP contribution is -2.19. The number of aromatic nitrogens is 1. The van der Waals surface area contributed by atoms with E-state index in [1.54, 1.807) is 23.6 Å². The molecular formula is C17H19Br2N3OS. The van der Waals surface area contributed by atoms with Crippen LogP contribution in [0, 0.1) is 6.92 Å². The monoisotopic (exact) mass is 471 g/mol. The van der Waals surface area contributed by atoms with Crippen molar-refractivity contribution in [2.24, 2.45) is 10.1 Å². The third-order valence-electron chi connectivity index (χ3n) is 4.09. The smallest absolute Gasteiger partial charge is 0.206 e. The van der Waals surface area contributed by atoms with E-state index < -0.39 is 0 Å². The van der Waals surface area contributed by atoms with Gasteiger partial charge in [-0.2, -0.15) is 5.10 Å². The Morgan fingerprint density at radius 2 is 2.00 bits per heavy atom. The van der Waals surface area contributed by atoms with Crippen molar-refractivity contribution in [1.82, 2.24) is 4.68 Å². The number of thiazole rings is 1. The Bertz CT molecular complexity index is 820. The van der Waals surface area contributed by atoms with Crippen LogP contribution in [0.4, 0.5) is 0 Å². The molecule has 7 heteroatoms. The van der Waals surface area contributed by atoms with E-state index in [-0.39, 0.29) is 5.75 Å². The summed E-state index contributed by atoms with van der Waals surface area (Å²) in [6, 6.07) is 4.05. The standard InChI is InChI=1S/C17H19Br2N3OS/c1-11-10-24-17(21-14-5-3-2-4-6-14)22(11)20-9-12-7-13(18)8-15(19)16(12)23/h7-10,14,23H,2-6H2,1H3. The van der Waals surface area contributed by atoms with Crippen molar-refractivity contribution in [2.75, 3.05) is 0 Å². The van der Waals surface area contributed by atoms with Crippen molar-refractivity contribution in [3.05, 3.63) is 42.5 Å². The van der Waals surface area contributed by atoms with Crippen LogP contribution in [0.2, 0.25) is 0 Å². The number of hydrogen-bond acceptors (Lipinski definition) is 4. The molecule has 1 aromatic carbocycles. The molecule has 1 aliphatic carbocycles. The first-order valence-electron chi connectivity index (χ1n) is 7.98. The predicted octanol–water partition coefficient (Wildman–Crippen LogP) is 5.20. The number of nitrogens with zero attached hydrogens (tertiary/aromatic N) is 3. The summed E-state index contributed by atoms with van der Waals surface area (Å²) in [7, 11) is 0. The van der Waals surface area contributed by atoms with E-state index in [1.807, 2.05) is 17.7 Å². The average molecular weight is 473 g/mol. The zero-order valence-electron chi connectivity index (χ0n) is 13.4. The molecule has 24 heavy (non-hydrogen) atoms. The molecule has 0 spiro atoms. The zero-order chi connectivity index (χ0) is 17.1. The molecule has 0 amide bonds. The van der Waals surface area contributed by atoms with Gasteiger partial charge < -0.3 is 5.11 Å². The summed E-state index contributed by atoms with van der Waals surface area (Å²) in [6.07, 6.45) is 7.86. The van der Waals surface area contributed by atoms with E-state index in [0.717, 1.165) is 15.0 Å². The second kappa shape index (κ2) is 7.97. The number of phenols is 1. The maximum absolute atomic E-state index is 10.2. The Balaban J connectivity index is 1.93. The molecule has 128 valence electrons. The summed E-state index contributed by atoms with van der Waals surface area (Å²) in [5.41, 5.74) is 1.69. The molecule has 2 aromatic rings. The minimum absolute atomic E-state index is 0.182. The number of rotatable bonds is 3. The average Bonchev–Trinajstić information content (AvgIpc) is 2.90. The fourth-order valence-electron chi connectivity index (χ4n) is 2.78. The van der Waals surface area contributed by atoms with Crippen LogP contribution in [0.1, 0.15) is 43.4 Å². The molecule has 0 atom stereocenters. The molecule has 3 rings (SSSR count). The van der Waals surface area contributed by atoms with Gasteiger partial charge in [0.05, 0.1) is 22.4 Å². The van der Waals surface area contributed by atoms with Crippen molar-refractivity contribution < 1.29 is 5.11 Å². The number of halogens is 2. The molecule has 0 unspecified atom stereocenters. The zero-order valence-corrected chi connectivity index (χ0v) is 17.4. The molecule has 1 fully saturated rings. The van der Waals surface area contributed by atoms with Crippen LogP contribution in [-0.2, 0) is 0 Å². The minimum atomic E-state index is 0.182. The van der Waals surface area contributed by atoms with E-state index in [4.69, 9.17) is 4.99 Å². The van der Waals surface area contributed by atoms with Gasteiger partial charge >= 0.3 is 0 Å². The third-order valence-corrected chi connectivity index (χ3v) is 6.10. The van der Waals surface area contributed by atoms with Crippen LogP contribution in [0.25, 0.3) is 0 Å². The minimum Gasteiger partial charge on any atom is -0.506 e. The Morgan fingerprint density at radius 1 is 1.25 bits per heavy atom. The van der Waals surface area contributed by atoms with Crippen molar-refractivity contribution in [2.45, 2.75) is 45.1 Å². The third kappa shape index (κ3) is 4.18. The number of aryl methyl sites for hydroxylation is 1. The van der Waals surface area contributed by atoms with Gasteiger partial charge in [-0.3, -0.25) is 4.99 Å². The second-order valence-electron chi connectivity index (χ2n) is 5.96. The van der Waals surface area contributed by atoms with Gasteiger partial charge in [0.25, 0.3) is 0 Å². The Kier molecular flexibility index (Phi) is 5.94. The lowest BCUT2D eigenvalue weighted by atomic mass is 9.96. The Morgan fingerprint density at radius 3 is 2.75 bits per heavy atom. The molecule has 1 aromatic heterocycles. The highest BCUT2D eigenvalue weighted by Crippen LogP contribution is 2.30. The van der Waals surface area contributed by atoms with Gasteiger partial charge in [-0.15, -0.1) is 11.3 Å². The first kappa shape index (κ1) is 17.9. The number of aromatic hydroxyl groups is 1. The topological polar surface area (TPSA) is 49.9 Å². The summed E-state index contributed by atoms with van der Waals surface area (Å²) in [5.74, 6) is 0.182. The number of benzene rings is 1. The molecule has 1 aliphatic rings. The normalized spacial score (nSPS) is 17.0. The van der Waals surface area contributed by atoms with Crippen LogP contribution in [-0.4, -0.2) is 22.0 Å². The Hall–Kier alpha value is -0.920.